The van der Waals surface area contributed by atoms with Gasteiger partial charge in [0, 0.05) is 36.4 Å². The molecule has 2 heteroatoms. The van der Waals surface area contributed by atoms with Crippen molar-refractivity contribution in [3.63, 3.8) is 0 Å². The minimum Gasteiger partial charge on any atom is -0.345 e. The summed E-state index contributed by atoms with van der Waals surface area (Å²) < 4.78 is 0. The summed E-state index contributed by atoms with van der Waals surface area (Å²) in [5, 5.41) is 0. The molecule has 0 radical (unpaired) electrons. The topological polar surface area (TPSA) is 6.48 Å². The van der Waals surface area contributed by atoms with Gasteiger partial charge in [-0.1, -0.05) is 19.1 Å². The van der Waals surface area contributed by atoms with Gasteiger partial charge in [-0.25, -0.2) is 0 Å². The van der Waals surface area contributed by atoms with Crippen molar-refractivity contribution in [3.8, 4) is 0 Å². The van der Waals surface area contributed by atoms with E-state index in [1.54, 1.807) is 0 Å². The minimum absolute atomic E-state index is 0.750. The molecule has 0 saturated carbocycles. The Morgan fingerprint density at radius 2 is 2.17 bits per heavy atom. The second kappa shape index (κ2) is 3.99. The van der Waals surface area contributed by atoms with Crippen LogP contribution in [0.25, 0.3) is 0 Å². The first kappa shape index (κ1) is 10.9. The lowest BCUT2D eigenvalue weighted by Gasteiger charge is -2.54. The monoisotopic (exact) mass is 242 g/mol. The van der Waals surface area contributed by atoms with Crippen LogP contribution in [-0.2, 0) is 0 Å². The Balaban J connectivity index is 1.66. The average molecular weight is 242 g/mol. The summed E-state index contributed by atoms with van der Waals surface area (Å²) in [4.78, 5) is 5.27. The number of piperidine rings is 3. The van der Waals surface area contributed by atoms with Gasteiger partial charge in [-0.15, -0.1) is 0 Å². The van der Waals surface area contributed by atoms with Crippen molar-refractivity contribution in [2.45, 2.75) is 31.7 Å². The first-order valence-electron chi connectivity index (χ1n) is 7.41. The predicted octanol–water partition coefficient (Wildman–Crippen LogP) is 2.76. The molecule has 96 valence electrons. The molecule has 4 rings (SSSR count). The van der Waals surface area contributed by atoms with E-state index in [1.165, 1.54) is 56.7 Å². The Morgan fingerprint density at radius 1 is 1.22 bits per heavy atom. The van der Waals surface area contributed by atoms with Crippen molar-refractivity contribution in [2.75, 3.05) is 19.6 Å². The van der Waals surface area contributed by atoms with Crippen LogP contribution in [0.4, 0.5) is 0 Å². The molecule has 2 bridgehead atoms. The third kappa shape index (κ3) is 1.51. The summed E-state index contributed by atoms with van der Waals surface area (Å²) in [6.45, 7) is 8.03. The van der Waals surface area contributed by atoms with Crippen LogP contribution in [0.5, 0.6) is 0 Å². The maximum atomic E-state index is 4.21. The number of hydrogen-bond acceptors (Lipinski definition) is 2. The standard InChI is InChI=1S/C16H22N2/c1-12-5-4-7-16-13-9-14(11-18(12)16)15-6-2-3-8-17(15)10-13/h4-5,7,13-15H,1-3,6,8-11H2/t13-,14-,15+/m0/s1. The van der Waals surface area contributed by atoms with Gasteiger partial charge in [0.05, 0.1) is 0 Å². The number of rotatable bonds is 0. The Labute approximate surface area is 110 Å². The quantitative estimate of drug-likeness (QED) is 0.644. The van der Waals surface area contributed by atoms with E-state index in [2.05, 4.69) is 34.6 Å². The molecule has 4 aliphatic rings. The number of fused-ring (bicyclic) bond motifs is 6. The number of allylic oxidation sites excluding steroid dienone is 3. The van der Waals surface area contributed by atoms with Gasteiger partial charge in [0.2, 0.25) is 0 Å². The van der Waals surface area contributed by atoms with Gasteiger partial charge >= 0.3 is 0 Å². The fraction of sp³-hybridized carbons (Fsp3) is 0.625. The van der Waals surface area contributed by atoms with Crippen molar-refractivity contribution < 1.29 is 0 Å². The van der Waals surface area contributed by atoms with Gasteiger partial charge < -0.3 is 4.90 Å². The average Bonchev–Trinajstić information content (AvgIpc) is 2.40. The zero-order valence-electron chi connectivity index (χ0n) is 11.0. The molecule has 18 heavy (non-hydrogen) atoms. The van der Waals surface area contributed by atoms with Crippen LogP contribution in [0.1, 0.15) is 25.7 Å². The maximum absolute atomic E-state index is 4.21. The van der Waals surface area contributed by atoms with Crippen molar-refractivity contribution in [3.05, 3.63) is 36.2 Å². The number of nitrogens with zero attached hydrogens (tertiary/aromatic N) is 2. The molecule has 0 aliphatic carbocycles. The Kier molecular flexibility index (Phi) is 2.41. The van der Waals surface area contributed by atoms with E-state index in [0.717, 1.165) is 17.9 Å². The second-order valence-electron chi connectivity index (χ2n) is 6.30. The van der Waals surface area contributed by atoms with E-state index in [9.17, 15) is 0 Å². The molecule has 0 N–H and O–H groups in total. The van der Waals surface area contributed by atoms with Crippen LogP contribution in [0.2, 0.25) is 0 Å². The first-order valence-corrected chi connectivity index (χ1v) is 7.41. The van der Waals surface area contributed by atoms with E-state index in [1.807, 2.05) is 0 Å². The van der Waals surface area contributed by atoms with Gasteiger partial charge in [-0.05, 0) is 43.9 Å². The molecule has 2 nitrogen and oxygen atoms in total. The molecule has 0 aromatic heterocycles. The summed E-state index contributed by atoms with van der Waals surface area (Å²) >= 11 is 0. The molecule has 0 amide bonds. The van der Waals surface area contributed by atoms with Gasteiger partial charge in [-0.2, -0.15) is 0 Å². The lowest BCUT2D eigenvalue weighted by molar-refractivity contribution is 0.0000400. The number of hydrogen-bond donors (Lipinski definition) is 0. The third-order valence-corrected chi connectivity index (χ3v) is 5.30. The van der Waals surface area contributed by atoms with Gasteiger partial charge in [0.15, 0.2) is 0 Å². The zero-order chi connectivity index (χ0) is 12.1. The fourth-order valence-corrected chi connectivity index (χ4v) is 4.49. The summed E-state index contributed by atoms with van der Waals surface area (Å²) in [6.07, 6.45) is 12.3. The molecule has 3 atom stereocenters. The zero-order valence-corrected chi connectivity index (χ0v) is 11.0. The fourth-order valence-electron chi connectivity index (χ4n) is 4.49. The molecule has 0 aromatic carbocycles. The molecule has 0 spiro atoms. The third-order valence-electron chi connectivity index (χ3n) is 5.30. The van der Waals surface area contributed by atoms with Crippen LogP contribution >= 0.6 is 0 Å². The molecule has 4 heterocycles. The SMILES string of the molecule is C=C1C=CC=C2[C@H]3C[C@@H](CN12)[C@H]1CCCCN1C3. The molecule has 0 unspecified atom stereocenters. The van der Waals surface area contributed by atoms with E-state index < -0.39 is 0 Å². The normalized spacial score (nSPS) is 39.1. The highest BCUT2D eigenvalue weighted by Crippen LogP contribution is 2.43. The van der Waals surface area contributed by atoms with Crippen molar-refractivity contribution >= 4 is 0 Å². The van der Waals surface area contributed by atoms with Crippen molar-refractivity contribution in [2.24, 2.45) is 11.8 Å². The summed E-state index contributed by atoms with van der Waals surface area (Å²) in [5.41, 5.74) is 2.73. The maximum Gasteiger partial charge on any atom is 0.0335 e. The highest BCUT2D eigenvalue weighted by Gasteiger charge is 2.44. The molecular formula is C16H22N2. The minimum atomic E-state index is 0.750. The lowest BCUT2D eigenvalue weighted by atomic mass is 9.74. The smallest absolute Gasteiger partial charge is 0.0335 e. The van der Waals surface area contributed by atoms with Crippen LogP contribution in [-0.4, -0.2) is 35.5 Å². The Hall–Kier alpha value is -1.02. The van der Waals surface area contributed by atoms with E-state index in [-0.39, 0.29) is 0 Å². The summed E-state index contributed by atoms with van der Waals surface area (Å²) in [5.74, 6) is 1.62. The van der Waals surface area contributed by atoms with Gasteiger partial charge in [0.1, 0.15) is 0 Å². The molecule has 3 saturated heterocycles. The predicted molar refractivity (Wildman–Crippen MR) is 73.9 cm³/mol. The largest absolute Gasteiger partial charge is 0.345 e. The lowest BCUT2D eigenvalue weighted by Crippen LogP contribution is -2.57. The van der Waals surface area contributed by atoms with Crippen LogP contribution < -0.4 is 0 Å². The first-order chi connectivity index (χ1) is 8.83. The second-order valence-corrected chi connectivity index (χ2v) is 6.30. The van der Waals surface area contributed by atoms with Gasteiger partial charge in [-0.3, -0.25) is 4.90 Å². The molecule has 4 aliphatic heterocycles. The van der Waals surface area contributed by atoms with E-state index in [4.69, 9.17) is 0 Å². The van der Waals surface area contributed by atoms with Crippen LogP contribution in [0.15, 0.2) is 36.2 Å². The van der Waals surface area contributed by atoms with E-state index >= 15 is 0 Å². The summed E-state index contributed by atoms with van der Waals surface area (Å²) in [6, 6.07) is 0.857. The highest BCUT2D eigenvalue weighted by molar-refractivity contribution is 5.34. The highest BCUT2D eigenvalue weighted by atomic mass is 15.2. The van der Waals surface area contributed by atoms with E-state index in [0.29, 0.717) is 0 Å². The molecule has 3 fully saturated rings. The molecule has 0 aromatic rings. The summed E-state index contributed by atoms with van der Waals surface area (Å²) in [7, 11) is 0. The Morgan fingerprint density at radius 3 is 3.11 bits per heavy atom. The van der Waals surface area contributed by atoms with Crippen LogP contribution in [0, 0.1) is 11.8 Å². The van der Waals surface area contributed by atoms with Crippen LogP contribution in [0.3, 0.4) is 0 Å². The van der Waals surface area contributed by atoms with Crippen molar-refractivity contribution in [1.29, 1.82) is 0 Å². The van der Waals surface area contributed by atoms with Gasteiger partial charge in [0.25, 0.3) is 0 Å². The van der Waals surface area contributed by atoms with Crippen molar-refractivity contribution in [1.82, 2.24) is 9.80 Å². The molecular weight excluding hydrogens is 220 g/mol. The Bertz CT molecular complexity index is 434.